The van der Waals surface area contributed by atoms with Crippen LogP contribution in [0.15, 0.2) is 18.8 Å². The molecule has 0 N–H and O–H groups in total. The molecule has 176 valence electrons. The summed E-state index contributed by atoms with van der Waals surface area (Å²) in [6.07, 6.45) is 6.32. The van der Waals surface area contributed by atoms with Crippen molar-refractivity contribution in [3.63, 3.8) is 0 Å². The third-order valence-corrected chi connectivity index (χ3v) is 11.6. The summed E-state index contributed by atoms with van der Waals surface area (Å²) in [5.74, 6) is 47.6. The van der Waals surface area contributed by atoms with Gasteiger partial charge in [-0.2, -0.15) is 0 Å². The van der Waals surface area contributed by atoms with Crippen LogP contribution in [-0.4, -0.2) is 29.0 Å². The fourth-order valence-electron chi connectivity index (χ4n) is 2.61. The van der Waals surface area contributed by atoms with Gasteiger partial charge in [0.2, 0.25) is 0 Å². The van der Waals surface area contributed by atoms with Gasteiger partial charge in [-0.05, 0) is 48.4 Å². The first-order valence-electron chi connectivity index (χ1n) is 11.2. The van der Waals surface area contributed by atoms with E-state index in [0.29, 0.717) is 14.5 Å². The molecule has 4 heteroatoms. The van der Waals surface area contributed by atoms with Crippen molar-refractivity contribution in [2.24, 2.45) is 0 Å². The summed E-state index contributed by atoms with van der Waals surface area (Å²) in [6.45, 7) is 3.96. The minimum atomic E-state index is 0.251. The Labute approximate surface area is 250 Å². The number of hydrogen-bond donors (Lipinski definition) is 0. The van der Waals surface area contributed by atoms with Crippen molar-refractivity contribution >= 4 is 60.9 Å². The van der Waals surface area contributed by atoms with Gasteiger partial charge in [0.15, 0.2) is 0 Å². The van der Waals surface area contributed by atoms with Crippen LogP contribution in [0.2, 0.25) is 0 Å². The fourth-order valence-corrected chi connectivity index (χ4v) is 9.21. The van der Waals surface area contributed by atoms with E-state index in [-0.39, 0.29) is 14.5 Å². The van der Waals surface area contributed by atoms with E-state index in [1.807, 2.05) is 0 Å². The number of unbranched alkanes of at least 4 members (excludes halogenated alkanes) is 3. The molecule has 0 saturated carbocycles. The van der Waals surface area contributed by atoms with E-state index < -0.39 is 0 Å². The van der Waals surface area contributed by atoms with Gasteiger partial charge >= 0.3 is 198 Å². The summed E-state index contributed by atoms with van der Waals surface area (Å²) in [6, 6.07) is 4.59. The Hall–Kier alpha value is -3.00. The van der Waals surface area contributed by atoms with Gasteiger partial charge in [-0.25, -0.2) is 0 Å². The van der Waals surface area contributed by atoms with E-state index in [9.17, 15) is 0 Å². The molecule has 0 atom stereocenters. The maximum absolute atomic E-state index is 3.81. The maximum atomic E-state index is 3.81. The second-order valence-electron chi connectivity index (χ2n) is 6.89. The zero-order valence-electron chi connectivity index (χ0n) is 20.3. The Morgan fingerprint density at radius 1 is 0.595 bits per heavy atom. The zero-order valence-corrected chi connectivity index (χ0v) is 26.9. The van der Waals surface area contributed by atoms with Crippen molar-refractivity contribution in [3.8, 4) is 115 Å². The van der Waals surface area contributed by atoms with Gasteiger partial charge in [0.05, 0.1) is 0 Å². The van der Waals surface area contributed by atoms with Crippen LogP contribution >= 0.6 is 31.9 Å². The predicted octanol–water partition coefficient (Wildman–Crippen LogP) is 5.51. The summed E-state index contributed by atoms with van der Waals surface area (Å²) in [5.41, 5.74) is 2.47. The molecule has 0 aliphatic heterocycles. The number of rotatable bonds is 6. The van der Waals surface area contributed by atoms with Crippen molar-refractivity contribution < 1.29 is 0 Å². The SMILES string of the molecule is CC#CC#CC#CC#CC#CC#CC#CC#CC#Cc1cc(-c2cc(CCCCCC)c(Br)[se]2)[se]c1Br. The molecule has 0 bridgehead atoms. The monoisotopic (exact) mass is 732 g/mol. The molecule has 2 heterocycles. The standard InChI is InChI=1S/C33H18Br2Se2/c1-3-5-7-9-10-11-12-13-14-15-16-17-18-19-20-21-23-25-29-27-31(37-33(29)35)30-26-28(32(34)36-30)24-22-8-6-4-2/h26-27H,4,6,8,22,24H2,1-2H3. The molecule has 37 heavy (non-hydrogen) atoms. The Morgan fingerprint density at radius 2 is 1.08 bits per heavy atom. The number of aryl methyl sites for hydroxylation is 1. The average molecular weight is 732 g/mol. The van der Waals surface area contributed by atoms with Crippen molar-refractivity contribution in [3.05, 3.63) is 30.0 Å². The fraction of sp³-hybridized carbons (Fsp3) is 0.212. The molecule has 0 aromatic carbocycles. The molecule has 0 spiro atoms. The first-order valence-corrected chi connectivity index (χ1v) is 16.2. The second-order valence-corrected chi connectivity index (χ2v) is 15.3. The topological polar surface area (TPSA) is 0 Å². The molecule has 0 radical (unpaired) electrons. The molecule has 2 aromatic heterocycles. The van der Waals surface area contributed by atoms with Crippen LogP contribution in [0.3, 0.4) is 0 Å². The summed E-state index contributed by atoms with van der Waals surface area (Å²) in [7, 11) is 0. The Balaban J connectivity index is 1.92. The van der Waals surface area contributed by atoms with Gasteiger partial charge in [-0.15, -0.1) is 0 Å². The molecule has 0 nitrogen and oxygen atoms in total. The quantitative estimate of drug-likeness (QED) is 0.209. The molecule has 2 rings (SSSR count). The van der Waals surface area contributed by atoms with Crippen LogP contribution < -0.4 is 0 Å². The van der Waals surface area contributed by atoms with Gasteiger partial charge < -0.3 is 0 Å². The summed E-state index contributed by atoms with van der Waals surface area (Å²) in [5, 5.41) is 0. The molecule has 2 aromatic rings. The molecule has 0 aliphatic rings. The van der Waals surface area contributed by atoms with E-state index >= 15 is 0 Å². The van der Waals surface area contributed by atoms with E-state index in [1.54, 1.807) is 6.92 Å². The molecule has 0 amide bonds. The van der Waals surface area contributed by atoms with Gasteiger partial charge in [-0.3, -0.25) is 0 Å². The van der Waals surface area contributed by atoms with Crippen molar-refractivity contribution in [2.75, 3.05) is 0 Å². The van der Waals surface area contributed by atoms with Crippen molar-refractivity contribution in [1.29, 1.82) is 0 Å². The number of hydrogen-bond acceptors (Lipinski definition) is 0. The molecule has 0 fully saturated rings. The van der Waals surface area contributed by atoms with Gasteiger partial charge in [0.25, 0.3) is 0 Å². The Bertz CT molecular complexity index is 1690. The molecule has 0 unspecified atom stereocenters. The molecule has 0 aliphatic carbocycles. The third kappa shape index (κ3) is 12.7. The van der Waals surface area contributed by atoms with Crippen molar-refractivity contribution in [1.82, 2.24) is 0 Å². The van der Waals surface area contributed by atoms with Crippen molar-refractivity contribution in [2.45, 2.75) is 46.0 Å². The Kier molecular flexibility index (Phi) is 15.6. The Morgan fingerprint density at radius 3 is 1.62 bits per heavy atom. The predicted molar refractivity (Wildman–Crippen MR) is 164 cm³/mol. The van der Waals surface area contributed by atoms with Crippen LogP contribution in [0, 0.1) is 107 Å². The normalized spacial score (nSPS) is 7.68. The first kappa shape index (κ1) is 30.2. The van der Waals surface area contributed by atoms with Gasteiger partial charge in [-0.1, -0.05) is 5.92 Å². The van der Waals surface area contributed by atoms with Crippen LogP contribution in [0.4, 0.5) is 0 Å². The van der Waals surface area contributed by atoms with E-state index in [2.05, 4.69) is 157 Å². The molecule has 0 saturated heterocycles. The minimum absolute atomic E-state index is 0.251. The summed E-state index contributed by atoms with van der Waals surface area (Å²) >= 11 is 8.12. The van der Waals surface area contributed by atoms with Gasteiger partial charge in [0.1, 0.15) is 0 Å². The van der Waals surface area contributed by atoms with Gasteiger partial charge in [0, 0.05) is 0 Å². The summed E-state index contributed by atoms with van der Waals surface area (Å²) < 4.78 is 5.42. The van der Waals surface area contributed by atoms with Crippen LogP contribution in [0.1, 0.15) is 50.7 Å². The number of halogens is 2. The van der Waals surface area contributed by atoms with Crippen LogP contribution in [-0.2, 0) is 6.42 Å². The molecular formula is C33H18Br2Se2. The van der Waals surface area contributed by atoms with E-state index in [1.165, 1.54) is 43.5 Å². The third-order valence-electron chi connectivity index (χ3n) is 4.25. The van der Waals surface area contributed by atoms with E-state index in [4.69, 9.17) is 0 Å². The van der Waals surface area contributed by atoms with Crippen LogP contribution in [0.25, 0.3) is 8.87 Å². The zero-order chi connectivity index (χ0) is 26.6. The van der Waals surface area contributed by atoms with E-state index in [0.717, 1.165) is 15.3 Å². The average Bonchev–Trinajstić information content (AvgIpc) is 3.45. The first-order chi connectivity index (χ1) is 18.2. The second kappa shape index (κ2) is 19.2. The molecular weight excluding hydrogens is 714 g/mol. The van der Waals surface area contributed by atoms with Crippen LogP contribution in [0.5, 0.6) is 0 Å². The summed E-state index contributed by atoms with van der Waals surface area (Å²) in [4.78, 5) is 0.